The van der Waals surface area contributed by atoms with Crippen LogP contribution in [-0.4, -0.2) is 20.3 Å². The Morgan fingerprint density at radius 1 is 1.53 bits per heavy atom. The van der Waals surface area contributed by atoms with E-state index in [9.17, 15) is 9.59 Å². The summed E-state index contributed by atoms with van der Waals surface area (Å²) in [6.45, 7) is 2.49. The molecule has 2 aromatic rings. The van der Waals surface area contributed by atoms with E-state index < -0.39 is 11.4 Å². The number of carboxylic acids is 1. The van der Waals surface area contributed by atoms with Crippen LogP contribution in [0.5, 0.6) is 0 Å². The van der Waals surface area contributed by atoms with Crippen LogP contribution < -0.4 is 5.43 Å². The first kappa shape index (κ1) is 9.51. The number of aromatic nitrogens is 2. The third-order valence-corrected chi connectivity index (χ3v) is 2.31. The Bertz CT molecular complexity index is 580. The van der Waals surface area contributed by atoms with Crippen LogP contribution in [-0.2, 0) is 6.54 Å². The van der Waals surface area contributed by atoms with Crippen LogP contribution in [0.1, 0.15) is 17.3 Å². The second-order valence-corrected chi connectivity index (χ2v) is 3.17. The maximum atomic E-state index is 11.7. The van der Waals surface area contributed by atoms with Gasteiger partial charge in [-0.25, -0.2) is 4.79 Å². The predicted octanol–water partition coefficient (Wildman–Crippen LogP) is 0.819. The molecule has 0 saturated heterocycles. The summed E-state index contributed by atoms with van der Waals surface area (Å²) in [6.07, 6.45) is 3.09. The van der Waals surface area contributed by atoms with Crippen molar-refractivity contribution in [2.45, 2.75) is 13.5 Å². The summed E-state index contributed by atoms with van der Waals surface area (Å²) in [6, 6.07) is 3.33. The van der Waals surface area contributed by atoms with Gasteiger partial charge in [-0.1, -0.05) is 0 Å². The van der Waals surface area contributed by atoms with Crippen molar-refractivity contribution < 1.29 is 9.90 Å². The van der Waals surface area contributed by atoms with Crippen LogP contribution in [0, 0.1) is 0 Å². The lowest BCUT2D eigenvalue weighted by atomic mass is 10.2. The van der Waals surface area contributed by atoms with E-state index in [-0.39, 0.29) is 5.56 Å². The van der Waals surface area contributed by atoms with Gasteiger partial charge in [0.1, 0.15) is 11.1 Å². The van der Waals surface area contributed by atoms with Crippen molar-refractivity contribution in [3.05, 3.63) is 40.3 Å². The maximum Gasteiger partial charge on any atom is 0.341 e. The van der Waals surface area contributed by atoms with Gasteiger partial charge in [-0.3, -0.25) is 14.0 Å². The van der Waals surface area contributed by atoms with Crippen molar-refractivity contribution in [1.82, 2.24) is 9.20 Å². The highest BCUT2D eigenvalue weighted by Crippen LogP contribution is 2.02. The highest BCUT2D eigenvalue weighted by atomic mass is 16.4. The lowest BCUT2D eigenvalue weighted by Crippen LogP contribution is -2.22. The van der Waals surface area contributed by atoms with Crippen LogP contribution in [0.15, 0.2) is 29.3 Å². The first-order valence-corrected chi connectivity index (χ1v) is 4.59. The molecule has 0 atom stereocenters. The molecule has 78 valence electrons. The molecule has 0 amide bonds. The third-order valence-electron chi connectivity index (χ3n) is 2.31. The molecular weight excluding hydrogens is 196 g/mol. The Balaban J connectivity index is 2.91. The molecule has 0 aromatic carbocycles. The Hall–Kier alpha value is -2.04. The number of aromatic carboxylic acids is 1. The van der Waals surface area contributed by atoms with Gasteiger partial charge in [0.25, 0.3) is 0 Å². The van der Waals surface area contributed by atoms with Crippen molar-refractivity contribution in [2.24, 2.45) is 0 Å². The maximum absolute atomic E-state index is 11.7. The van der Waals surface area contributed by atoms with E-state index in [2.05, 4.69) is 0 Å². The first-order chi connectivity index (χ1) is 7.15. The van der Waals surface area contributed by atoms with E-state index in [1.54, 1.807) is 27.5 Å². The van der Waals surface area contributed by atoms with Crippen LogP contribution >= 0.6 is 0 Å². The van der Waals surface area contributed by atoms with Crippen molar-refractivity contribution in [1.29, 1.82) is 0 Å². The predicted molar refractivity (Wildman–Crippen MR) is 54.3 cm³/mol. The molecule has 0 unspecified atom stereocenters. The first-order valence-electron chi connectivity index (χ1n) is 4.59. The van der Waals surface area contributed by atoms with Gasteiger partial charge in [0.05, 0.1) is 0 Å². The van der Waals surface area contributed by atoms with Gasteiger partial charge in [-0.15, -0.1) is 0 Å². The standard InChI is InChI=1S/C10H10N2O3/c1-2-11-6-7(10(14)15)9(13)8-4-3-5-12(8)11/h3-6H,2H2,1H3,(H,14,15). The lowest BCUT2D eigenvalue weighted by molar-refractivity contribution is 0.0694. The smallest absolute Gasteiger partial charge is 0.341 e. The molecule has 15 heavy (non-hydrogen) atoms. The monoisotopic (exact) mass is 206 g/mol. The fourth-order valence-corrected chi connectivity index (χ4v) is 1.58. The van der Waals surface area contributed by atoms with Crippen molar-refractivity contribution in [3.63, 3.8) is 0 Å². The van der Waals surface area contributed by atoms with Crippen LogP contribution in [0.2, 0.25) is 0 Å². The number of rotatable bonds is 2. The molecule has 0 aliphatic heterocycles. The highest BCUT2D eigenvalue weighted by Gasteiger charge is 2.13. The summed E-state index contributed by atoms with van der Waals surface area (Å²) in [7, 11) is 0. The minimum atomic E-state index is -1.19. The van der Waals surface area contributed by atoms with E-state index in [4.69, 9.17) is 5.11 Å². The zero-order chi connectivity index (χ0) is 11.0. The van der Waals surface area contributed by atoms with Crippen molar-refractivity contribution in [2.75, 3.05) is 0 Å². The third kappa shape index (κ3) is 1.32. The summed E-state index contributed by atoms with van der Waals surface area (Å²) in [4.78, 5) is 22.5. The average Bonchev–Trinajstić information content (AvgIpc) is 2.67. The number of carbonyl (C=O) groups is 1. The molecule has 1 N–H and O–H groups in total. The van der Waals surface area contributed by atoms with E-state index >= 15 is 0 Å². The van der Waals surface area contributed by atoms with Gasteiger partial charge in [0, 0.05) is 18.9 Å². The minimum absolute atomic E-state index is 0.192. The van der Waals surface area contributed by atoms with Gasteiger partial charge in [-0.2, -0.15) is 0 Å². The van der Waals surface area contributed by atoms with Gasteiger partial charge < -0.3 is 5.11 Å². The summed E-state index contributed by atoms with van der Waals surface area (Å²) in [5.41, 5.74) is -0.253. The molecule has 5 heteroatoms. The minimum Gasteiger partial charge on any atom is -0.477 e. The molecule has 0 saturated carbocycles. The lowest BCUT2D eigenvalue weighted by Gasteiger charge is -2.08. The van der Waals surface area contributed by atoms with Gasteiger partial charge in [0.15, 0.2) is 0 Å². The molecule has 2 heterocycles. The Morgan fingerprint density at radius 3 is 2.87 bits per heavy atom. The van der Waals surface area contributed by atoms with Crippen molar-refractivity contribution >= 4 is 11.5 Å². The van der Waals surface area contributed by atoms with Gasteiger partial charge in [-0.05, 0) is 19.1 Å². The molecule has 0 fully saturated rings. The number of aryl methyl sites for hydroxylation is 1. The Labute approximate surface area is 85.2 Å². The zero-order valence-electron chi connectivity index (χ0n) is 8.17. The van der Waals surface area contributed by atoms with Crippen LogP contribution in [0.3, 0.4) is 0 Å². The Morgan fingerprint density at radius 2 is 2.27 bits per heavy atom. The fraction of sp³-hybridized carbons (Fsp3) is 0.200. The largest absolute Gasteiger partial charge is 0.477 e. The molecule has 0 bridgehead atoms. The van der Waals surface area contributed by atoms with Crippen LogP contribution in [0.25, 0.3) is 5.52 Å². The SMILES string of the molecule is CCn1cc(C(=O)O)c(=O)c2cccn21. The summed E-state index contributed by atoms with van der Waals surface area (Å²) in [5, 5.41) is 8.86. The quantitative estimate of drug-likeness (QED) is 0.791. The molecule has 0 radical (unpaired) electrons. The second-order valence-electron chi connectivity index (χ2n) is 3.17. The zero-order valence-corrected chi connectivity index (χ0v) is 8.17. The molecule has 0 spiro atoms. The molecular formula is C10H10N2O3. The van der Waals surface area contributed by atoms with E-state index in [1.165, 1.54) is 6.20 Å². The molecule has 0 aliphatic rings. The normalized spacial score (nSPS) is 10.7. The average molecular weight is 206 g/mol. The van der Waals surface area contributed by atoms with Crippen molar-refractivity contribution in [3.8, 4) is 0 Å². The van der Waals surface area contributed by atoms with Crippen LogP contribution in [0.4, 0.5) is 0 Å². The topological polar surface area (TPSA) is 63.7 Å². The number of carboxylic acid groups (broad SMARTS) is 1. The Kier molecular flexibility index (Phi) is 2.07. The van der Waals surface area contributed by atoms with E-state index in [0.29, 0.717) is 12.1 Å². The molecule has 0 aliphatic carbocycles. The van der Waals surface area contributed by atoms with E-state index in [0.717, 1.165) is 0 Å². The number of hydrogen-bond acceptors (Lipinski definition) is 2. The highest BCUT2D eigenvalue weighted by molar-refractivity contribution is 5.88. The summed E-state index contributed by atoms with van der Waals surface area (Å²) >= 11 is 0. The number of nitrogens with zero attached hydrogens (tertiary/aromatic N) is 2. The number of hydrogen-bond donors (Lipinski definition) is 1. The molecule has 2 rings (SSSR count). The van der Waals surface area contributed by atoms with Gasteiger partial charge >= 0.3 is 5.97 Å². The second kappa shape index (κ2) is 3.27. The number of fused-ring (bicyclic) bond motifs is 1. The van der Waals surface area contributed by atoms with Gasteiger partial charge in [0.2, 0.25) is 5.43 Å². The van der Waals surface area contributed by atoms with E-state index in [1.807, 2.05) is 6.92 Å². The fourth-order valence-electron chi connectivity index (χ4n) is 1.58. The molecule has 2 aromatic heterocycles. The summed E-state index contributed by atoms with van der Waals surface area (Å²) < 4.78 is 3.33. The summed E-state index contributed by atoms with van der Waals surface area (Å²) in [5.74, 6) is -1.19. The molecule has 5 nitrogen and oxygen atoms in total.